The van der Waals surface area contributed by atoms with Gasteiger partial charge in [0.05, 0.1) is 16.8 Å². The van der Waals surface area contributed by atoms with E-state index in [1.807, 2.05) is 0 Å². The quantitative estimate of drug-likeness (QED) is 0.805. The standard InChI is InChI=1S/C16H23ClN6S/c1-10-8-24-16-13(10)15(18-9-19-16)23-5-3-22(4-6-23)7-12-14(17)11(2)20-21-12/h8-9,11-12,14,20-21H,3-7H2,1-2H3. The average molecular weight is 367 g/mol. The smallest absolute Gasteiger partial charge is 0.141 e. The summed E-state index contributed by atoms with van der Waals surface area (Å²) in [6.45, 7) is 9.29. The lowest BCUT2D eigenvalue weighted by Gasteiger charge is -2.37. The molecule has 2 aromatic heterocycles. The van der Waals surface area contributed by atoms with Gasteiger partial charge in [-0.25, -0.2) is 9.97 Å². The van der Waals surface area contributed by atoms with Crippen LogP contribution in [0.2, 0.25) is 0 Å². The van der Waals surface area contributed by atoms with Crippen LogP contribution in [0.25, 0.3) is 10.2 Å². The lowest BCUT2D eigenvalue weighted by molar-refractivity contribution is 0.234. The zero-order valence-electron chi connectivity index (χ0n) is 14.0. The van der Waals surface area contributed by atoms with E-state index < -0.39 is 0 Å². The van der Waals surface area contributed by atoms with Crippen molar-refractivity contribution in [2.45, 2.75) is 31.3 Å². The summed E-state index contributed by atoms with van der Waals surface area (Å²) in [4.78, 5) is 14.9. The molecule has 2 aliphatic rings. The third-order valence-electron chi connectivity index (χ3n) is 5.02. The second-order valence-corrected chi connectivity index (χ2v) is 8.07. The molecule has 4 heterocycles. The van der Waals surface area contributed by atoms with E-state index in [1.54, 1.807) is 17.7 Å². The van der Waals surface area contributed by atoms with Crippen molar-refractivity contribution < 1.29 is 0 Å². The second-order valence-electron chi connectivity index (χ2n) is 6.71. The molecule has 24 heavy (non-hydrogen) atoms. The molecule has 2 N–H and O–H groups in total. The largest absolute Gasteiger partial charge is 0.353 e. The Morgan fingerprint density at radius 3 is 2.75 bits per heavy atom. The van der Waals surface area contributed by atoms with Gasteiger partial charge in [-0.3, -0.25) is 15.8 Å². The van der Waals surface area contributed by atoms with Gasteiger partial charge in [0.25, 0.3) is 0 Å². The number of anilines is 1. The zero-order valence-corrected chi connectivity index (χ0v) is 15.6. The van der Waals surface area contributed by atoms with Gasteiger partial charge in [0, 0.05) is 38.8 Å². The number of piperazine rings is 1. The first-order valence-electron chi connectivity index (χ1n) is 8.44. The van der Waals surface area contributed by atoms with Gasteiger partial charge in [-0.05, 0) is 24.8 Å². The molecule has 2 aliphatic heterocycles. The zero-order chi connectivity index (χ0) is 16.7. The van der Waals surface area contributed by atoms with Gasteiger partial charge in [0.15, 0.2) is 0 Å². The number of nitrogens with one attached hydrogen (secondary N) is 2. The van der Waals surface area contributed by atoms with Crippen LogP contribution in [0, 0.1) is 6.92 Å². The van der Waals surface area contributed by atoms with Crippen molar-refractivity contribution in [3.8, 4) is 0 Å². The molecule has 130 valence electrons. The molecule has 2 fully saturated rings. The minimum absolute atomic E-state index is 0.137. The lowest BCUT2D eigenvalue weighted by Crippen LogP contribution is -2.51. The van der Waals surface area contributed by atoms with Crippen molar-refractivity contribution in [3.05, 3.63) is 17.3 Å². The number of thiophene rings is 1. The summed E-state index contributed by atoms with van der Waals surface area (Å²) in [5, 5.41) is 3.52. The van der Waals surface area contributed by atoms with Crippen molar-refractivity contribution in [2.24, 2.45) is 0 Å². The Morgan fingerprint density at radius 2 is 2.04 bits per heavy atom. The first-order chi connectivity index (χ1) is 11.6. The first-order valence-corrected chi connectivity index (χ1v) is 9.76. The molecule has 2 aromatic rings. The summed E-state index contributed by atoms with van der Waals surface area (Å²) in [6, 6.07) is 0.618. The molecule has 0 bridgehead atoms. The predicted molar refractivity (Wildman–Crippen MR) is 100.0 cm³/mol. The van der Waals surface area contributed by atoms with Gasteiger partial charge in [0.1, 0.15) is 17.0 Å². The van der Waals surface area contributed by atoms with Gasteiger partial charge in [0.2, 0.25) is 0 Å². The Labute approximate surface area is 151 Å². The molecule has 6 nitrogen and oxygen atoms in total. The molecule has 2 saturated heterocycles. The highest BCUT2D eigenvalue weighted by Gasteiger charge is 2.33. The SMILES string of the molecule is Cc1csc2ncnc(N3CCN(CC4NNC(C)C4Cl)CC3)c12. The fourth-order valence-electron chi connectivity index (χ4n) is 3.55. The van der Waals surface area contributed by atoms with E-state index in [1.165, 1.54) is 10.9 Å². The Hall–Kier alpha value is -0.990. The number of alkyl halides is 1. The summed E-state index contributed by atoms with van der Waals surface area (Å²) in [7, 11) is 0. The molecule has 0 spiro atoms. The highest BCUT2D eigenvalue weighted by molar-refractivity contribution is 7.17. The van der Waals surface area contributed by atoms with Crippen LogP contribution in [-0.4, -0.2) is 65.1 Å². The maximum Gasteiger partial charge on any atom is 0.141 e. The number of halogens is 1. The molecule has 8 heteroatoms. The summed E-state index contributed by atoms with van der Waals surface area (Å²) in [5.74, 6) is 1.09. The summed E-state index contributed by atoms with van der Waals surface area (Å²) < 4.78 is 0. The molecule has 0 aliphatic carbocycles. The Balaban J connectivity index is 1.42. The molecular weight excluding hydrogens is 344 g/mol. The average Bonchev–Trinajstić information content (AvgIpc) is 3.13. The van der Waals surface area contributed by atoms with E-state index >= 15 is 0 Å². The number of aryl methyl sites for hydroxylation is 1. The van der Waals surface area contributed by atoms with Crippen LogP contribution in [-0.2, 0) is 0 Å². The Bertz CT molecular complexity index is 714. The van der Waals surface area contributed by atoms with E-state index in [2.05, 4.69) is 49.8 Å². The predicted octanol–water partition coefficient (Wildman–Crippen LogP) is 1.59. The van der Waals surface area contributed by atoms with Gasteiger partial charge in [-0.2, -0.15) is 0 Å². The molecule has 3 unspecified atom stereocenters. The van der Waals surface area contributed by atoms with Crippen molar-refractivity contribution in [1.82, 2.24) is 25.7 Å². The molecule has 3 atom stereocenters. The van der Waals surface area contributed by atoms with Gasteiger partial charge in [-0.15, -0.1) is 22.9 Å². The Morgan fingerprint density at radius 1 is 1.25 bits per heavy atom. The maximum absolute atomic E-state index is 6.46. The summed E-state index contributed by atoms with van der Waals surface area (Å²) >= 11 is 8.16. The summed E-state index contributed by atoms with van der Waals surface area (Å²) in [6.07, 6.45) is 1.69. The second kappa shape index (κ2) is 6.72. The minimum atomic E-state index is 0.137. The van der Waals surface area contributed by atoms with E-state index in [9.17, 15) is 0 Å². The fraction of sp³-hybridized carbons (Fsp3) is 0.625. The first kappa shape index (κ1) is 16.5. The van der Waals surface area contributed by atoms with Gasteiger partial charge in [-0.1, -0.05) is 0 Å². The van der Waals surface area contributed by atoms with Crippen LogP contribution in [0.5, 0.6) is 0 Å². The van der Waals surface area contributed by atoms with Crippen LogP contribution < -0.4 is 15.8 Å². The van der Waals surface area contributed by atoms with Gasteiger partial charge < -0.3 is 4.90 Å². The van der Waals surface area contributed by atoms with Crippen LogP contribution in [0.3, 0.4) is 0 Å². The number of aromatic nitrogens is 2. The highest BCUT2D eigenvalue weighted by atomic mass is 35.5. The number of hydrogen-bond acceptors (Lipinski definition) is 7. The highest BCUT2D eigenvalue weighted by Crippen LogP contribution is 2.31. The number of hydrazine groups is 1. The fourth-order valence-corrected chi connectivity index (χ4v) is 4.64. The van der Waals surface area contributed by atoms with Crippen LogP contribution >= 0.6 is 22.9 Å². The molecule has 4 rings (SSSR count). The van der Waals surface area contributed by atoms with Crippen molar-refractivity contribution in [2.75, 3.05) is 37.6 Å². The molecule has 0 radical (unpaired) electrons. The van der Waals surface area contributed by atoms with E-state index in [0.717, 1.165) is 43.4 Å². The maximum atomic E-state index is 6.46. The molecule has 0 saturated carbocycles. The number of rotatable bonds is 3. The third-order valence-corrected chi connectivity index (χ3v) is 6.71. The van der Waals surface area contributed by atoms with Crippen LogP contribution in [0.1, 0.15) is 12.5 Å². The number of nitrogens with zero attached hydrogens (tertiary/aromatic N) is 4. The lowest BCUT2D eigenvalue weighted by atomic mass is 10.1. The van der Waals surface area contributed by atoms with E-state index in [0.29, 0.717) is 12.1 Å². The normalized spacial score (nSPS) is 28.8. The summed E-state index contributed by atoms with van der Waals surface area (Å²) in [5.41, 5.74) is 7.82. The van der Waals surface area contributed by atoms with Crippen molar-refractivity contribution >= 4 is 39.0 Å². The molecule has 0 amide bonds. The molecular formula is C16H23ClN6S. The van der Waals surface area contributed by atoms with Crippen LogP contribution in [0.15, 0.2) is 11.7 Å². The van der Waals surface area contributed by atoms with E-state index in [4.69, 9.17) is 11.6 Å². The van der Waals surface area contributed by atoms with E-state index in [-0.39, 0.29) is 5.38 Å². The molecule has 0 aromatic carbocycles. The Kier molecular flexibility index (Phi) is 4.62. The van der Waals surface area contributed by atoms with Crippen molar-refractivity contribution in [3.63, 3.8) is 0 Å². The van der Waals surface area contributed by atoms with Crippen molar-refractivity contribution in [1.29, 1.82) is 0 Å². The number of hydrogen-bond donors (Lipinski definition) is 2. The number of fused-ring (bicyclic) bond motifs is 1. The topological polar surface area (TPSA) is 56.3 Å². The van der Waals surface area contributed by atoms with Gasteiger partial charge >= 0.3 is 0 Å². The minimum Gasteiger partial charge on any atom is -0.353 e. The van der Waals surface area contributed by atoms with Crippen LogP contribution in [0.4, 0.5) is 5.82 Å². The third kappa shape index (κ3) is 2.99. The monoisotopic (exact) mass is 366 g/mol.